The Balaban J connectivity index is 1.51. The summed E-state index contributed by atoms with van der Waals surface area (Å²) in [5.41, 5.74) is 5.41. The van der Waals surface area contributed by atoms with E-state index < -0.39 is 0 Å². The summed E-state index contributed by atoms with van der Waals surface area (Å²) in [4.78, 5) is 8.94. The molecular weight excluding hydrogens is 360 g/mol. The largest absolute Gasteiger partial charge is 0.444 e. The van der Waals surface area contributed by atoms with Crippen molar-refractivity contribution in [3.63, 3.8) is 0 Å². The molecule has 0 saturated carbocycles. The minimum atomic E-state index is 0.286. The normalized spacial score (nSPS) is 12.4. The molecular formula is C25H26N2O2. The van der Waals surface area contributed by atoms with Crippen LogP contribution in [0.5, 0.6) is 0 Å². The van der Waals surface area contributed by atoms with E-state index in [1.165, 1.54) is 11.1 Å². The molecule has 0 fully saturated rings. The number of nitrogens with zero attached hydrogens (tertiary/aromatic N) is 2. The standard InChI is InChI=1S/C25H26N2O2/c1-16(2)19-7-5-9-21(12-19)24-26-14-23(29-24)11-17(3)20-8-6-10-22(13-20)25-27-18(4)15-28-25/h5-10,12-17H,11H2,1-4H3. The zero-order chi connectivity index (χ0) is 20.4. The van der Waals surface area contributed by atoms with E-state index in [2.05, 4.69) is 61.1 Å². The maximum absolute atomic E-state index is 6.07. The van der Waals surface area contributed by atoms with E-state index in [1.54, 1.807) is 6.26 Å². The van der Waals surface area contributed by atoms with Gasteiger partial charge < -0.3 is 8.83 Å². The van der Waals surface area contributed by atoms with Crippen molar-refractivity contribution in [2.75, 3.05) is 0 Å². The van der Waals surface area contributed by atoms with Crippen LogP contribution in [0, 0.1) is 6.92 Å². The van der Waals surface area contributed by atoms with E-state index in [1.807, 2.05) is 31.3 Å². The van der Waals surface area contributed by atoms with Gasteiger partial charge in [-0.25, -0.2) is 9.97 Å². The Kier molecular flexibility index (Phi) is 5.34. The van der Waals surface area contributed by atoms with Gasteiger partial charge >= 0.3 is 0 Å². The maximum Gasteiger partial charge on any atom is 0.226 e. The lowest BCUT2D eigenvalue weighted by molar-refractivity contribution is 0.501. The molecule has 0 bridgehead atoms. The van der Waals surface area contributed by atoms with Crippen molar-refractivity contribution in [2.45, 2.75) is 46.0 Å². The Hall–Kier alpha value is -3.14. The fourth-order valence-corrected chi connectivity index (χ4v) is 3.45. The summed E-state index contributed by atoms with van der Waals surface area (Å²) in [6, 6.07) is 16.8. The minimum Gasteiger partial charge on any atom is -0.444 e. The molecule has 1 unspecified atom stereocenters. The molecule has 0 saturated heterocycles. The zero-order valence-corrected chi connectivity index (χ0v) is 17.3. The molecule has 1 atom stereocenters. The number of hydrogen-bond acceptors (Lipinski definition) is 4. The van der Waals surface area contributed by atoms with Gasteiger partial charge in [-0.1, -0.05) is 45.0 Å². The van der Waals surface area contributed by atoms with Crippen molar-refractivity contribution < 1.29 is 8.83 Å². The number of aryl methyl sites for hydroxylation is 1. The van der Waals surface area contributed by atoms with Crippen LogP contribution < -0.4 is 0 Å². The van der Waals surface area contributed by atoms with Gasteiger partial charge in [-0.2, -0.15) is 0 Å². The highest BCUT2D eigenvalue weighted by Crippen LogP contribution is 2.28. The third-order valence-electron chi connectivity index (χ3n) is 5.18. The number of oxazole rings is 2. The first-order chi connectivity index (χ1) is 14.0. The average molecular weight is 386 g/mol. The monoisotopic (exact) mass is 386 g/mol. The van der Waals surface area contributed by atoms with E-state index in [-0.39, 0.29) is 5.92 Å². The first-order valence-electron chi connectivity index (χ1n) is 10.1. The van der Waals surface area contributed by atoms with E-state index in [0.717, 1.165) is 29.0 Å². The lowest BCUT2D eigenvalue weighted by Crippen LogP contribution is -1.98. The molecule has 0 radical (unpaired) electrons. The predicted octanol–water partition coefficient (Wildman–Crippen LogP) is 6.77. The number of hydrogen-bond donors (Lipinski definition) is 0. The third kappa shape index (κ3) is 4.32. The smallest absolute Gasteiger partial charge is 0.226 e. The van der Waals surface area contributed by atoms with E-state index in [4.69, 9.17) is 8.83 Å². The van der Waals surface area contributed by atoms with Crippen molar-refractivity contribution in [2.24, 2.45) is 0 Å². The van der Waals surface area contributed by atoms with Gasteiger partial charge in [0.05, 0.1) is 11.9 Å². The molecule has 0 aliphatic heterocycles. The molecule has 0 spiro atoms. The molecule has 0 aliphatic carbocycles. The highest BCUT2D eigenvalue weighted by atomic mass is 16.4. The van der Waals surface area contributed by atoms with Crippen molar-refractivity contribution in [3.05, 3.63) is 83.6 Å². The van der Waals surface area contributed by atoms with E-state index in [9.17, 15) is 0 Å². The maximum atomic E-state index is 6.07. The Morgan fingerprint density at radius 1 is 0.897 bits per heavy atom. The molecule has 0 amide bonds. The molecule has 2 heterocycles. The Morgan fingerprint density at radius 3 is 2.28 bits per heavy atom. The quantitative estimate of drug-likeness (QED) is 0.367. The SMILES string of the molecule is Cc1coc(-c2cccc(C(C)Cc3cnc(-c4cccc(C(C)C)c4)o3)c2)n1. The van der Waals surface area contributed by atoms with Crippen molar-refractivity contribution >= 4 is 0 Å². The number of aromatic nitrogens is 2. The van der Waals surface area contributed by atoms with Gasteiger partial charge in [-0.15, -0.1) is 0 Å². The first kappa shape index (κ1) is 19.2. The number of benzene rings is 2. The zero-order valence-electron chi connectivity index (χ0n) is 17.3. The molecule has 0 N–H and O–H groups in total. The van der Waals surface area contributed by atoms with Gasteiger partial charge in [-0.05, 0) is 54.2 Å². The fourth-order valence-electron chi connectivity index (χ4n) is 3.45. The van der Waals surface area contributed by atoms with Gasteiger partial charge in [0.25, 0.3) is 0 Å². The second-order valence-electron chi connectivity index (χ2n) is 7.94. The summed E-state index contributed by atoms with van der Waals surface area (Å²) in [6.07, 6.45) is 4.30. The third-order valence-corrected chi connectivity index (χ3v) is 5.18. The lowest BCUT2D eigenvalue weighted by Gasteiger charge is -2.11. The highest BCUT2D eigenvalue weighted by molar-refractivity contribution is 5.56. The molecule has 4 rings (SSSR count). The van der Waals surface area contributed by atoms with Crippen LogP contribution in [0.25, 0.3) is 22.9 Å². The van der Waals surface area contributed by atoms with Crippen LogP contribution in [0.1, 0.15) is 55.2 Å². The van der Waals surface area contributed by atoms with Gasteiger partial charge in [0, 0.05) is 17.5 Å². The van der Waals surface area contributed by atoms with Crippen LogP contribution in [0.2, 0.25) is 0 Å². The summed E-state index contributed by atoms with van der Waals surface area (Å²) in [6.45, 7) is 8.50. The van der Waals surface area contributed by atoms with Crippen LogP contribution in [0.3, 0.4) is 0 Å². The van der Waals surface area contributed by atoms with Gasteiger partial charge in [0.15, 0.2) is 0 Å². The van der Waals surface area contributed by atoms with Crippen LogP contribution >= 0.6 is 0 Å². The molecule has 2 aromatic heterocycles. The Labute approximate surface area is 171 Å². The van der Waals surface area contributed by atoms with Crippen LogP contribution in [0.15, 0.2) is 69.8 Å². The molecule has 4 aromatic rings. The predicted molar refractivity (Wildman–Crippen MR) is 115 cm³/mol. The lowest BCUT2D eigenvalue weighted by atomic mass is 9.95. The summed E-state index contributed by atoms with van der Waals surface area (Å²) in [5.74, 6) is 2.99. The first-order valence-corrected chi connectivity index (χ1v) is 10.1. The van der Waals surface area contributed by atoms with E-state index >= 15 is 0 Å². The summed E-state index contributed by atoms with van der Waals surface area (Å²) >= 11 is 0. The molecule has 2 aromatic carbocycles. The van der Waals surface area contributed by atoms with Crippen molar-refractivity contribution in [1.82, 2.24) is 9.97 Å². The van der Waals surface area contributed by atoms with Crippen LogP contribution in [0.4, 0.5) is 0 Å². The molecule has 0 aliphatic rings. The second-order valence-corrected chi connectivity index (χ2v) is 7.94. The summed E-state index contributed by atoms with van der Waals surface area (Å²) in [5, 5.41) is 0. The molecule has 29 heavy (non-hydrogen) atoms. The molecule has 4 nitrogen and oxygen atoms in total. The average Bonchev–Trinajstić information content (AvgIpc) is 3.37. The molecule has 148 valence electrons. The van der Waals surface area contributed by atoms with E-state index in [0.29, 0.717) is 17.7 Å². The topological polar surface area (TPSA) is 52.1 Å². The summed E-state index contributed by atoms with van der Waals surface area (Å²) in [7, 11) is 0. The minimum absolute atomic E-state index is 0.286. The Bertz CT molecular complexity index is 1110. The summed E-state index contributed by atoms with van der Waals surface area (Å²) < 4.78 is 11.6. The highest BCUT2D eigenvalue weighted by Gasteiger charge is 2.14. The number of rotatable bonds is 6. The second kappa shape index (κ2) is 8.08. The van der Waals surface area contributed by atoms with Gasteiger partial charge in [0.1, 0.15) is 12.0 Å². The van der Waals surface area contributed by atoms with Crippen LogP contribution in [-0.2, 0) is 6.42 Å². The molecule has 4 heteroatoms. The van der Waals surface area contributed by atoms with Crippen molar-refractivity contribution in [1.29, 1.82) is 0 Å². The van der Waals surface area contributed by atoms with Gasteiger partial charge in [0.2, 0.25) is 11.8 Å². The van der Waals surface area contributed by atoms with Gasteiger partial charge in [-0.3, -0.25) is 0 Å². The fraction of sp³-hybridized carbons (Fsp3) is 0.280. The Morgan fingerprint density at radius 2 is 1.59 bits per heavy atom. The van der Waals surface area contributed by atoms with Crippen molar-refractivity contribution in [3.8, 4) is 22.9 Å². The van der Waals surface area contributed by atoms with Crippen LogP contribution in [-0.4, -0.2) is 9.97 Å².